The zero-order chi connectivity index (χ0) is 24.8. The molecule has 0 bridgehead atoms. The summed E-state index contributed by atoms with van der Waals surface area (Å²) in [7, 11) is -1.61. The third-order valence-electron chi connectivity index (χ3n) is 5.35. The summed E-state index contributed by atoms with van der Waals surface area (Å²) in [6.45, 7) is 2.17. The number of likely N-dealkylation sites (N-methyl/N-ethyl adjacent to an activating group) is 1. The maximum absolute atomic E-state index is 14.3. The average Bonchev–Trinajstić information content (AvgIpc) is 2.86. The number of nitrogens with one attached hydrogen (secondary N) is 2. The molecule has 35 heavy (non-hydrogen) atoms. The summed E-state index contributed by atoms with van der Waals surface area (Å²) >= 11 is 0. The van der Waals surface area contributed by atoms with Crippen molar-refractivity contribution >= 4 is 33.2 Å². The molecule has 0 unspecified atom stereocenters. The van der Waals surface area contributed by atoms with Crippen LogP contribution >= 0.6 is 0 Å². The molecular formula is C23H24FN7O3S. The first-order chi connectivity index (χ1) is 16.8. The molecule has 1 fully saturated rings. The highest BCUT2D eigenvalue weighted by atomic mass is 32.2. The molecule has 2 aromatic carbocycles. The van der Waals surface area contributed by atoms with E-state index in [0.717, 1.165) is 6.20 Å². The minimum Gasteiger partial charge on any atom is -0.479 e. The van der Waals surface area contributed by atoms with Crippen molar-refractivity contribution in [3.63, 3.8) is 0 Å². The van der Waals surface area contributed by atoms with Crippen LogP contribution in [0.15, 0.2) is 59.6 Å². The van der Waals surface area contributed by atoms with Crippen LogP contribution in [-0.2, 0) is 10.0 Å². The van der Waals surface area contributed by atoms with Crippen molar-refractivity contribution in [3.05, 3.63) is 60.5 Å². The van der Waals surface area contributed by atoms with Crippen molar-refractivity contribution in [2.45, 2.75) is 4.90 Å². The molecule has 0 radical (unpaired) electrons. The second-order valence-electron chi connectivity index (χ2n) is 7.85. The molecule has 0 saturated carbocycles. The second kappa shape index (κ2) is 10.6. The number of rotatable bonds is 8. The highest BCUT2D eigenvalue weighted by Gasteiger charge is 2.27. The van der Waals surface area contributed by atoms with Gasteiger partial charge in [-0.1, -0.05) is 6.07 Å². The van der Waals surface area contributed by atoms with E-state index in [1.807, 2.05) is 13.1 Å². The van der Waals surface area contributed by atoms with Gasteiger partial charge < -0.3 is 20.3 Å². The lowest BCUT2D eigenvalue weighted by Gasteiger charge is -2.31. The van der Waals surface area contributed by atoms with Gasteiger partial charge in [0.1, 0.15) is 11.8 Å². The van der Waals surface area contributed by atoms with Crippen molar-refractivity contribution in [2.75, 3.05) is 50.5 Å². The maximum atomic E-state index is 14.3. The third-order valence-corrected chi connectivity index (χ3v) is 7.27. The second-order valence-corrected chi connectivity index (χ2v) is 9.78. The summed E-state index contributed by atoms with van der Waals surface area (Å²) in [5.74, 6) is -0.141. The number of hydrogen-bond acceptors (Lipinski definition) is 9. The van der Waals surface area contributed by atoms with E-state index in [2.05, 4.69) is 25.5 Å². The van der Waals surface area contributed by atoms with Gasteiger partial charge >= 0.3 is 0 Å². The minimum atomic E-state index is -3.57. The van der Waals surface area contributed by atoms with Gasteiger partial charge in [0.2, 0.25) is 16.0 Å². The average molecular weight is 498 g/mol. The summed E-state index contributed by atoms with van der Waals surface area (Å²) in [6.07, 6.45) is 1.03. The van der Waals surface area contributed by atoms with Crippen LogP contribution in [0.5, 0.6) is 5.75 Å². The Hall–Kier alpha value is -3.79. The van der Waals surface area contributed by atoms with Crippen LogP contribution in [0.2, 0.25) is 0 Å². The standard InChI is InChI=1S/C23H24FN7O3S/c1-30-10-12-31(13-11-30)35(32,33)20-7-5-17(6-8-20)28-23-26-16-21(24)22(29-23)27-18-3-2-4-19(15-18)34-14-9-25/h2-8,15-16H,10-14H2,1H3,(H2,26,27,28,29). The molecule has 1 aliphatic heterocycles. The van der Waals surface area contributed by atoms with E-state index in [4.69, 9.17) is 10.00 Å². The lowest BCUT2D eigenvalue weighted by atomic mass is 10.3. The topological polar surface area (TPSA) is 123 Å². The molecule has 0 aliphatic carbocycles. The molecule has 0 amide bonds. The van der Waals surface area contributed by atoms with E-state index < -0.39 is 15.8 Å². The van der Waals surface area contributed by atoms with Gasteiger partial charge in [-0.25, -0.2) is 17.8 Å². The number of hydrogen-bond donors (Lipinski definition) is 2. The molecule has 2 N–H and O–H groups in total. The lowest BCUT2D eigenvalue weighted by Crippen LogP contribution is -2.46. The molecule has 1 aliphatic rings. The highest BCUT2D eigenvalue weighted by Crippen LogP contribution is 2.24. The zero-order valence-corrected chi connectivity index (χ0v) is 19.8. The van der Waals surface area contributed by atoms with Gasteiger partial charge in [0.15, 0.2) is 18.2 Å². The Balaban J connectivity index is 1.45. The van der Waals surface area contributed by atoms with Gasteiger partial charge in [0.05, 0.1) is 11.1 Å². The van der Waals surface area contributed by atoms with Crippen LogP contribution in [0.25, 0.3) is 0 Å². The Bertz CT molecular complexity index is 1320. The van der Waals surface area contributed by atoms with Gasteiger partial charge in [-0.05, 0) is 43.4 Å². The molecule has 3 aromatic rings. The number of piperazine rings is 1. The predicted octanol–water partition coefficient (Wildman–Crippen LogP) is 2.94. The Morgan fingerprint density at radius 2 is 1.83 bits per heavy atom. The molecule has 10 nitrogen and oxygen atoms in total. The normalized spacial score (nSPS) is 14.8. The first-order valence-corrected chi connectivity index (χ1v) is 12.2. The first-order valence-electron chi connectivity index (χ1n) is 10.8. The van der Waals surface area contributed by atoms with Crippen LogP contribution in [0.4, 0.5) is 27.5 Å². The SMILES string of the molecule is CN1CCN(S(=O)(=O)c2ccc(Nc3ncc(F)c(Nc4cccc(OCC#N)c4)n3)cc2)CC1. The first kappa shape index (κ1) is 24.3. The number of anilines is 4. The Labute approximate surface area is 203 Å². The molecule has 2 heterocycles. The molecule has 1 aromatic heterocycles. The van der Waals surface area contributed by atoms with Crippen LogP contribution in [0, 0.1) is 17.1 Å². The fraction of sp³-hybridized carbons (Fsp3) is 0.261. The van der Waals surface area contributed by atoms with Crippen LogP contribution in [0.3, 0.4) is 0 Å². The number of nitrogens with zero attached hydrogens (tertiary/aromatic N) is 5. The Morgan fingerprint density at radius 1 is 1.09 bits per heavy atom. The van der Waals surface area contributed by atoms with Crippen molar-refractivity contribution in [1.29, 1.82) is 5.26 Å². The van der Waals surface area contributed by atoms with E-state index >= 15 is 0 Å². The number of halogens is 1. The number of sulfonamides is 1. The summed E-state index contributed by atoms with van der Waals surface area (Å²) < 4.78 is 46.8. The van der Waals surface area contributed by atoms with E-state index in [0.29, 0.717) is 43.3 Å². The molecule has 0 spiro atoms. The molecule has 1 saturated heterocycles. The van der Waals surface area contributed by atoms with Crippen LogP contribution < -0.4 is 15.4 Å². The molecule has 4 rings (SSSR count). The lowest BCUT2D eigenvalue weighted by molar-refractivity contribution is 0.222. The van der Waals surface area contributed by atoms with E-state index in [1.165, 1.54) is 16.4 Å². The Kier molecular flexibility index (Phi) is 7.40. The van der Waals surface area contributed by atoms with E-state index in [9.17, 15) is 12.8 Å². The minimum absolute atomic E-state index is 0.0609. The van der Waals surface area contributed by atoms with E-state index in [1.54, 1.807) is 36.4 Å². The van der Waals surface area contributed by atoms with Crippen molar-refractivity contribution in [3.8, 4) is 11.8 Å². The van der Waals surface area contributed by atoms with Gasteiger partial charge in [0.25, 0.3) is 0 Å². The number of ether oxygens (including phenoxy) is 1. The van der Waals surface area contributed by atoms with Gasteiger partial charge in [-0.3, -0.25) is 0 Å². The number of aromatic nitrogens is 2. The quantitative estimate of drug-likeness (QED) is 0.483. The van der Waals surface area contributed by atoms with Crippen molar-refractivity contribution in [1.82, 2.24) is 19.2 Å². The van der Waals surface area contributed by atoms with Gasteiger partial charge in [-0.2, -0.15) is 14.6 Å². The number of benzene rings is 2. The van der Waals surface area contributed by atoms with Crippen molar-refractivity contribution < 1.29 is 17.5 Å². The molecule has 12 heteroatoms. The van der Waals surface area contributed by atoms with Crippen LogP contribution in [0.1, 0.15) is 0 Å². The molecule has 0 atom stereocenters. The maximum Gasteiger partial charge on any atom is 0.243 e. The highest BCUT2D eigenvalue weighted by molar-refractivity contribution is 7.89. The fourth-order valence-electron chi connectivity index (χ4n) is 3.45. The van der Waals surface area contributed by atoms with Gasteiger partial charge in [0, 0.05) is 43.6 Å². The monoisotopic (exact) mass is 497 g/mol. The Morgan fingerprint density at radius 3 is 2.54 bits per heavy atom. The summed E-state index contributed by atoms with van der Waals surface area (Å²) in [4.78, 5) is 10.4. The third kappa shape index (κ3) is 6.02. The van der Waals surface area contributed by atoms with Crippen LogP contribution in [-0.4, -0.2) is 67.4 Å². The predicted molar refractivity (Wildman–Crippen MR) is 129 cm³/mol. The number of nitriles is 1. The van der Waals surface area contributed by atoms with Gasteiger partial charge in [-0.15, -0.1) is 0 Å². The largest absolute Gasteiger partial charge is 0.479 e. The summed E-state index contributed by atoms with van der Waals surface area (Å²) in [5.41, 5.74) is 1.06. The summed E-state index contributed by atoms with van der Waals surface area (Å²) in [6, 6.07) is 14.8. The summed E-state index contributed by atoms with van der Waals surface area (Å²) in [5, 5.41) is 14.5. The smallest absolute Gasteiger partial charge is 0.243 e. The zero-order valence-electron chi connectivity index (χ0n) is 19.0. The van der Waals surface area contributed by atoms with E-state index in [-0.39, 0.29) is 23.3 Å². The molecule has 182 valence electrons. The van der Waals surface area contributed by atoms with Crippen molar-refractivity contribution in [2.24, 2.45) is 0 Å². The fourth-order valence-corrected chi connectivity index (χ4v) is 4.87. The molecular weight excluding hydrogens is 473 g/mol.